The molecule has 7 atom stereocenters. The molecular weight excluding hydrogens is 394 g/mol. The molecule has 0 heterocycles. The standard InChI is InChI=1S/C29H45NO2/c1-19(2)30-17-7-8-20(3)25-11-12-26-24-10-9-22-18-23(32-21(4)31)13-15-28(22,5)27(24)14-16-29(25,26)6/h7-9,18-20,24-27,30H,10-17H2,1-6H3/b8-7+/t20-,24+,25-,26+,27+,28+,29-/m1/s1. The van der Waals surface area contributed by atoms with E-state index in [1.807, 2.05) is 0 Å². The Balaban J connectivity index is 1.50. The molecule has 4 aliphatic rings. The molecule has 2 fully saturated rings. The third-order valence-corrected chi connectivity index (χ3v) is 9.80. The van der Waals surface area contributed by atoms with Gasteiger partial charge in [-0.05, 0) is 90.6 Å². The van der Waals surface area contributed by atoms with E-state index in [0.29, 0.717) is 17.4 Å². The lowest BCUT2D eigenvalue weighted by Gasteiger charge is -2.57. The predicted molar refractivity (Wildman–Crippen MR) is 132 cm³/mol. The van der Waals surface area contributed by atoms with Crippen LogP contribution in [0.5, 0.6) is 0 Å². The first-order valence-electron chi connectivity index (χ1n) is 13.1. The van der Waals surface area contributed by atoms with Gasteiger partial charge >= 0.3 is 5.97 Å². The van der Waals surface area contributed by atoms with Gasteiger partial charge in [0.05, 0.1) is 0 Å². The van der Waals surface area contributed by atoms with Gasteiger partial charge in [-0.3, -0.25) is 4.79 Å². The number of carbonyl (C=O) groups is 1. The minimum absolute atomic E-state index is 0.192. The summed E-state index contributed by atoms with van der Waals surface area (Å²) < 4.78 is 5.47. The average molecular weight is 440 g/mol. The predicted octanol–water partition coefficient (Wildman–Crippen LogP) is 6.81. The molecule has 3 nitrogen and oxygen atoms in total. The van der Waals surface area contributed by atoms with E-state index in [9.17, 15) is 4.79 Å². The first kappa shape index (κ1) is 23.8. The number of carbonyl (C=O) groups excluding carboxylic acids is 1. The van der Waals surface area contributed by atoms with Crippen molar-refractivity contribution in [2.24, 2.45) is 40.4 Å². The quantitative estimate of drug-likeness (QED) is 0.365. The van der Waals surface area contributed by atoms with Gasteiger partial charge in [-0.1, -0.05) is 52.8 Å². The van der Waals surface area contributed by atoms with Crippen LogP contribution in [0.3, 0.4) is 0 Å². The molecule has 3 heteroatoms. The summed E-state index contributed by atoms with van der Waals surface area (Å²) in [6.45, 7) is 14.5. The molecule has 0 spiro atoms. The fourth-order valence-corrected chi connectivity index (χ4v) is 8.19. The number of rotatable bonds is 6. The zero-order valence-electron chi connectivity index (χ0n) is 21.2. The Morgan fingerprint density at radius 1 is 1.19 bits per heavy atom. The Bertz CT molecular complexity index is 808. The van der Waals surface area contributed by atoms with Crippen LogP contribution in [-0.2, 0) is 9.53 Å². The molecule has 2 saturated carbocycles. The molecule has 4 rings (SSSR count). The third kappa shape index (κ3) is 4.27. The van der Waals surface area contributed by atoms with Crippen molar-refractivity contribution in [1.82, 2.24) is 5.32 Å². The van der Waals surface area contributed by atoms with Crippen LogP contribution in [-0.4, -0.2) is 18.6 Å². The second kappa shape index (κ2) is 9.12. The summed E-state index contributed by atoms with van der Waals surface area (Å²) in [4.78, 5) is 11.4. The van der Waals surface area contributed by atoms with Crippen molar-refractivity contribution in [1.29, 1.82) is 0 Å². The van der Waals surface area contributed by atoms with Gasteiger partial charge in [0.1, 0.15) is 5.76 Å². The van der Waals surface area contributed by atoms with E-state index in [4.69, 9.17) is 4.74 Å². The summed E-state index contributed by atoms with van der Waals surface area (Å²) >= 11 is 0. The molecule has 32 heavy (non-hydrogen) atoms. The number of allylic oxidation sites excluding steroid dienone is 5. The largest absolute Gasteiger partial charge is 0.431 e. The maximum absolute atomic E-state index is 11.4. The van der Waals surface area contributed by atoms with Gasteiger partial charge in [-0.25, -0.2) is 0 Å². The molecule has 0 amide bonds. The van der Waals surface area contributed by atoms with Crippen molar-refractivity contribution in [2.45, 2.75) is 92.5 Å². The highest BCUT2D eigenvalue weighted by Gasteiger charge is 2.58. The van der Waals surface area contributed by atoms with Crippen molar-refractivity contribution >= 4 is 5.97 Å². The smallest absolute Gasteiger partial charge is 0.307 e. The van der Waals surface area contributed by atoms with E-state index in [0.717, 1.165) is 48.8 Å². The Morgan fingerprint density at radius 3 is 2.69 bits per heavy atom. The molecule has 0 aromatic heterocycles. The van der Waals surface area contributed by atoms with Crippen LogP contribution in [0.1, 0.15) is 86.5 Å². The van der Waals surface area contributed by atoms with E-state index in [1.54, 1.807) is 0 Å². The molecule has 0 aromatic rings. The molecule has 178 valence electrons. The van der Waals surface area contributed by atoms with Crippen LogP contribution >= 0.6 is 0 Å². The van der Waals surface area contributed by atoms with E-state index < -0.39 is 0 Å². The lowest BCUT2D eigenvalue weighted by molar-refractivity contribution is -0.137. The number of hydrogen-bond acceptors (Lipinski definition) is 3. The molecule has 0 bridgehead atoms. The summed E-state index contributed by atoms with van der Waals surface area (Å²) in [5.74, 6) is 4.58. The van der Waals surface area contributed by atoms with Crippen molar-refractivity contribution in [3.05, 3.63) is 35.6 Å². The minimum Gasteiger partial charge on any atom is -0.431 e. The van der Waals surface area contributed by atoms with Crippen LogP contribution in [0.2, 0.25) is 0 Å². The number of nitrogens with one attached hydrogen (secondary N) is 1. The Hall–Kier alpha value is -1.35. The monoisotopic (exact) mass is 439 g/mol. The first-order chi connectivity index (χ1) is 15.1. The zero-order chi connectivity index (χ0) is 23.1. The minimum atomic E-state index is -0.192. The first-order valence-corrected chi connectivity index (χ1v) is 13.1. The maximum atomic E-state index is 11.4. The van der Waals surface area contributed by atoms with E-state index in [-0.39, 0.29) is 11.4 Å². The van der Waals surface area contributed by atoms with E-state index in [2.05, 4.69) is 64.2 Å². The molecule has 0 radical (unpaired) electrons. The van der Waals surface area contributed by atoms with Gasteiger partial charge < -0.3 is 10.1 Å². The highest BCUT2D eigenvalue weighted by atomic mass is 16.5. The summed E-state index contributed by atoms with van der Waals surface area (Å²) in [7, 11) is 0. The van der Waals surface area contributed by atoms with Gasteiger partial charge in [-0.15, -0.1) is 0 Å². The van der Waals surface area contributed by atoms with Crippen LogP contribution in [0.15, 0.2) is 35.6 Å². The molecule has 0 unspecified atom stereocenters. The summed E-state index contributed by atoms with van der Waals surface area (Å²) in [6.07, 6.45) is 18.3. The van der Waals surface area contributed by atoms with Crippen molar-refractivity contribution < 1.29 is 9.53 Å². The second-order valence-corrected chi connectivity index (χ2v) is 12.0. The highest BCUT2D eigenvalue weighted by Crippen LogP contribution is 2.67. The summed E-state index contributed by atoms with van der Waals surface area (Å²) in [6, 6.07) is 0.545. The van der Waals surface area contributed by atoms with Crippen molar-refractivity contribution in [3.8, 4) is 0 Å². The van der Waals surface area contributed by atoms with E-state index >= 15 is 0 Å². The van der Waals surface area contributed by atoms with Crippen LogP contribution in [0.4, 0.5) is 0 Å². The third-order valence-electron chi connectivity index (χ3n) is 9.80. The normalized spacial score (nSPS) is 39.7. The molecule has 0 saturated heterocycles. The summed E-state index contributed by atoms with van der Waals surface area (Å²) in [5.41, 5.74) is 2.17. The zero-order valence-corrected chi connectivity index (χ0v) is 21.2. The Morgan fingerprint density at radius 2 is 1.97 bits per heavy atom. The maximum Gasteiger partial charge on any atom is 0.307 e. The fourth-order valence-electron chi connectivity index (χ4n) is 8.19. The number of fused-ring (bicyclic) bond motifs is 5. The molecule has 1 N–H and O–H groups in total. The van der Waals surface area contributed by atoms with Crippen LogP contribution < -0.4 is 5.32 Å². The lowest BCUT2D eigenvalue weighted by atomic mass is 9.47. The van der Waals surface area contributed by atoms with Crippen LogP contribution in [0.25, 0.3) is 0 Å². The van der Waals surface area contributed by atoms with Gasteiger partial charge in [-0.2, -0.15) is 0 Å². The summed E-state index contributed by atoms with van der Waals surface area (Å²) in [5, 5.41) is 3.51. The Kier molecular flexibility index (Phi) is 6.78. The molecule has 0 aliphatic heterocycles. The fraction of sp³-hybridized carbons (Fsp3) is 0.759. The highest BCUT2D eigenvalue weighted by molar-refractivity contribution is 5.67. The SMILES string of the molecule is CC(=O)OC1=CC2=CC[C@H]3[C@@H]4CC[C@H]([C@H](C)/C=C/CNC(C)C)[C@@]4(C)CC[C@@H]3[C@@]2(C)CC1. The number of esters is 1. The van der Waals surface area contributed by atoms with Crippen LogP contribution in [0, 0.1) is 40.4 Å². The lowest BCUT2D eigenvalue weighted by Crippen LogP contribution is -2.49. The van der Waals surface area contributed by atoms with Gasteiger partial charge in [0.25, 0.3) is 0 Å². The average Bonchev–Trinajstić information content (AvgIpc) is 3.08. The molecular formula is C29H45NO2. The van der Waals surface area contributed by atoms with Crippen molar-refractivity contribution in [2.75, 3.05) is 6.54 Å². The van der Waals surface area contributed by atoms with E-state index in [1.165, 1.54) is 44.6 Å². The number of hydrogen-bond donors (Lipinski definition) is 1. The number of ether oxygens (including phenoxy) is 1. The topological polar surface area (TPSA) is 38.3 Å². The second-order valence-electron chi connectivity index (χ2n) is 12.0. The van der Waals surface area contributed by atoms with Crippen molar-refractivity contribution in [3.63, 3.8) is 0 Å². The van der Waals surface area contributed by atoms with Gasteiger partial charge in [0.15, 0.2) is 0 Å². The molecule has 0 aromatic carbocycles. The van der Waals surface area contributed by atoms with Gasteiger partial charge in [0.2, 0.25) is 0 Å². The molecule has 4 aliphatic carbocycles. The van der Waals surface area contributed by atoms with Gasteiger partial charge in [0, 0.05) is 25.9 Å². The Labute approximate surface area is 196 Å².